The van der Waals surface area contributed by atoms with Crippen molar-refractivity contribution in [3.05, 3.63) is 36.0 Å². The van der Waals surface area contributed by atoms with Crippen LogP contribution >= 0.6 is 0 Å². The van der Waals surface area contributed by atoms with Gasteiger partial charge in [-0.3, -0.25) is 14.4 Å². The molecular formula is C24H34N4O4. The van der Waals surface area contributed by atoms with Gasteiger partial charge in [-0.2, -0.15) is 0 Å². The number of carbonyl (C=O) groups is 3. The molecule has 174 valence electrons. The molecule has 4 N–H and O–H groups in total. The zero-order valence-corrected chi connectivity index (χ0v) is 18.9. The summed E-state index contributed by atoms with van der Waals surface area (Å²) in [7, 11) is 1.84. The third-order valence-corrected chi connectivity index (χ3v) is 6.20. The Morgan fingerprint density at radius 1 is 1.19 bits per heavy atom. The zero-order chi connectivity index (χ0) is 23.1. The maximum atomic E-state index is 13.0. The van der Waals surface area contributed by atoms with E-state index >= 15 is 0 Å². The number of ether oxygens (including phenoxy) is 1. The summed E-state index contributed by atoms with van der Waals surface area (Å²) in [6.45, 7) is 2.63. The second-order valence-corrected chi connectivity index (χ2v) is 8.41. The second-order valence-electron chi connectivity index (χ2n) is 8.41. The number of nitrogens with one attached hydrogen (secondary N) is 2. The first kappa shape index (κ1) is 23.8. The standard InChI is InChI=1S/C24H34N4O4/c1-3-32-24(31)16-10-12-18(13-11-16)26-22(29)19(8-6-14-25)27-23(30)21-15-17-7-4-5-9-20(17)28(21)2/h4-5,7,9,15-16,18-19H,3,6,8,10-14,25H2,1-2H3,(H,26,29)(H,27,30)/t16?,18?,19-/m0/s1. The molecule has 1 saturated carbocycles. The van der Waals surface area contributed by atoms with E-state index in [0.717, 1.165) is 23.7 Å². The van der Waals surface area contributed by atoms with Crippen LogP contribution in [0.5, 0.6) is 0 Å². The minimum atomic E-state index is -0.660. The molecule has 0 saturated heterocycles. The van der Waals surface area contributed by atoms with Crippen LogP contribution in [0.3, 0.4) is 0 Å². The Hall–Kier alpha value is -2.87. The van der Waals surface area contributed by atoms with E-state index in [1.54, 1.807) is 6.92 Å². The van der Waals surface area contributed by atoms with Crippen molar-refractivity contribution in [2.75, 3.05) is 13.2 Å². The minimum Gasteiger partial charge on any atom is -0.466 e. The first-order valence-electron chi connectivity index (χ1n) is 11.5. The maximum Gasteiger partial charge on any atom is 0.308 e. The number of rotatable bonds is 9. The van der Waals surface area contributed by atoms with Crippen molar-refractivity contribution in [3.63, 3.8) is 0 Å². The van der Waals surface area contributed by atoms with Gasteiger partial charge in [0.1, 0.15) is 11.7 Å². The van der Waals surface area contributed by atoms with Gasteiger partial charge in [0.05, 0.1) is 12.5 Å². The summed E-state index contributed by atoms with van der Waals surface area (Å²) in [6, 6.07) is 8.93. The molecule has 0 aliphatic heterocycles. The fourth-order valence-corrected chi connectivity index (χ4v) is 4.37. The van der Waals surface area contributed by atoms with Gasteiger partial charge >= 0.3 is 5.97 Å². The van der Waals surface area contributed by atoms with Gasteiger partial charge < -0.3 is 25.7 Å². The molecule has 1 aromatic carbocycles. The monoisotopic (exact) mass is 442 g/mol. The Bertz CT molecular complexity index is 947. The van der Waals surface area contributed by atoms with Crippen molar-refractivity contribution in [1.82, 2.24) is 15.2 Å². The average molecular weight is 443 g/mol. The number of nitrogens with two attached hydrogens (primary N) is 1. The predicted octanol–water partition coefficient (Wildman–Crippen LogP) is 2.25. The summed E-state index contributed by atoms with van der Waals surface area (Å²) < 4.78 is 6.94. The number of hydrogen-bond donors (Lipinski definition) is 3. The number of amides is 2. The molecule has 2 aromatic rings. The molecule has 2 amide bonds. The molecule has 0 spiro atoms. The quantitative estimate of drug-likeness (QED) is 0.515. The molecule has 1 fully saturated rings. The smallest absolute Gasteiger partial charge is 0.308 e. The van der Waals surface area contributed by atoms with E-state index in [-0.39, 0.29) is 29.7 Å². The van der Waals surface area contributed by atoms with Crippen LogP contribution < -0.4 is 16.4 Å². The topological polar surface area (TPSA) is 115 Å². The lowest BCUT2D eigenvalue weighted by Gasteiger charge is -2.29. The van der Waals surface area contributed by atoms with E-state index in [0.29, 0.717) is 44.5 Å². The molecule has 1 aliphatic rings. The molecule has 1 aromatic heterocycles. The maximum absolute atomic E-state index is 13.0. The summed E-state index contributed by atoms with van der Waals surface area (Å²) in [6.07, 6.45) is 3.92. The van der Waals surface area contributed by atoms with Crippen molar-refractivity contribution >= 4 is 28.7 Å². The van der Waals surface area contributed by atoms with Crippen LogP contribution in [0.25, 0.3) is 10.9 Å². The molecule has 0 unspecified atom stereocenters. The number of benzene rings is 1. The number of nitrogens with zero attached hydrogens (tertiary/aromatic N) is 1. The zero-order valence-electron chi connectivity index (χ0n) is 18.9. The average Bonchev–Trinajstić information content (AvgIpc) is 3.14. The Morgan fingerprint density at radius 3 is 2.56 bits per heavy atom. The Kier molecular flexibility index (Phi) is 8.27. The minimum absolute atomic E-state index is 0.0110. The summed E-state index contributed by atoms with van der Waals surface area (Å²) in [5, 5.41) is 6.94. The van der Waals surface area contributed by atoms with E-state index in [2.05, 4.69) is 10.6 Å². The van der Waals surface area contributed by atoms with Crippen LogP contribution in [0.1, 0.15) is 55.9 Å². The Morgan fingerprint density at radius 2 is 1.91 bits per heavy atom. The summed E-state index contributed by atoms with van der Waals surface area (Å²) in [5.41, 5.74) is 7.12. The molecule has 8 nitrogen and oxygen atoms in total. The van der Waals surface area contributed by atoms with Crippen LogP contribution in [0.2, 0.25) is 0 Å². The largest absolute Gasteiger partial charge is 0.466 e. The molecule has 0 radical (unpaired) electrons. The van der Waals surface area contributed by atoms with Gasteiger partial charge in [0, 0.05) is 24.0 Å². The van der Waals surface area contributed by atoms with Crippen LogP contribution in [-0.4, -0.2) is 47.6 Å². The molecule has 3 rings (SSSR count). The summed E-state index contributed by atoms with van der Waals surface area (Å²) >= 11 is 0. The number of carbonyl (C=O) groups excluding carboxylic acids is 3. The van der Waals surface area contributed by atoms with Gasteiger partial charge in [-0.15, -0.1) is 0 Å². The molecule has 1 aliphatic carbocycles. The van der Waals surface area contributed by atoms with E-state index in [1.165, 1.54) is 0 Å². The Labute approximate surface area is 188 Å². The van der Waals surface area contributed by atoms with Gasteiger partial charge in [0.15, 0.2) is 0 Å². The van der Waals surface area contributed by atoms with Crippen molar-refractivity contribution < 1.29 is 19.1 Å². The Balaban J connectivity index is 1.61. The highest BCUT2D eigenvalue weighted by atomic mass is 16.5. The number of para-hydroxylation sites is 1. The number of aryl methyl sites for hydroxylation is 1. The summed E-state index contributed by atoms with van der Waals surface area (Å²) in [4.78, 5) is 37.9. The molecule has 8 heteroatoms. The highest BCUT2D eigenvalue weighted by molar-refractivity contribution is 6.00. The SMILES string of the molecule is CCOC(=O)C1CCC(NC(=O)[C@H](CCCN)NC(=O)c2cc3ccccc3n2C)CC1. The van der Waals surface area contributed by atoms with Gasteiger partial charge in [-0.25, -0.2) is 0 Å². The van der Waals surface area contributed by atoms with Gasteiger partial charge in [0.25, 0.3) is 5.91 Å². The van der Waals surface area contributed by atoms with Crippen molar-refractivity contribution in [3.8, 4) is 0 Å². The van der Waals surface area contributed by atoms with Gasteiger partial charge in [-0.1, -0.05) is 18.2 Å². The molecule has 1 heterocycles. The summed E-state index contributed by atoms with van der Waals surface area (Å²) in [5.74, 6) is -0.736. The van der Waals surface area contributed by atoms with E-state index in [9.17, 15) is 14.4 Å². The number of esters is 1. The third-order valence-electron chi connectivity index (χ3n) is 6.20. The molecule has 0 bridgehead atoms. The fraction of sp³-hybridized carbons (Fsp3) is 0.542. The van der Waals surface area contributed by atoms with Crippen LogP contribution in [-0.2, 0) is 21.4 Å². The van der Waals surface area contributed by atoms with Crippen LogP contribution in [0.4, 0.5) is 0 Å². The van der Waals surface area contributed by atoms with Crippen LogP contribution in [0.15, 0.2) is 30.3 Å². The predicted molar refractivity (Wildman–Crippen MR) is 123 cm³/mol. The van der Waals surface area contributed by atoms with Crippen molar-refractivity contribution in [2.45, 2.75) is 57.5 Å². The normalized spacial score (nSPS) is 19.3. The van der Waals surface area contributed by atoms with E-state index < -0.39 is 6.04 Å². The highest BCUT2D eigenvalue weighted by Gasteiger charge is 2.30. The number of hydrogen-bond acceptors (Lipinski definition) is 5. The molecule has 32 heavy (non-hydrogen) atoms. The first-order chi connectivity index (χ1) is 15.4. The lowest BCUT2D eigenvalue weighted by molar-refractivity contribution is -0.149. The van der Waals surface area contributed by atoms with E-state index in [4.69, 9.17) is 10.5 Å². The first-order valence-corrected chi connectivity index (χ1v) is 11.5. The van der Waals surface area contributed by atoms with Gasteiger partial charge in [0.2, 0.25) is 5.91 Å². The lowest BCUT2D eigenvalue weighted by atomic mass is 9.86. The van der Waals surface area contributed by atoms with Crippen molar-refractivity contribution in [1.29, 1.82) is 0 Å². The highest BCUT2D eigenvalue weighted by Crippen LogP contribution is 2.25. The number of aromatic nitrogens is 1. The number of fused-ring (bicyclic) bond motifs is 1. The van der Waals surface area contributed by atoms with Crippen molar-refractivity contribution in [2.24, 2.45) is 18.7 Å². The molecular weight excluding hydrogens is 408 g/mol. The second kappa shape index (κ2) is 11.1. The van der Waals surface area contributed by atoms with E-state index in [1.807, 2.05) is 41.9 Å². The fourth-order valence-electron chi connectivity index (χ4n) is 4.37. The third kappa shape index (κ3) is 5.68. The van der Waals surface area contributed by atoms with Crippen LogP contribution in [0, 0.1) is 5.92 Å². The molecule has 1 atom stereocenters. The lowest BCUT2D eigenvalue weighted by Crippen LogP contribution is -2.50. The van der Waals surface area contributed by atoms with Gasteiger partial charge in [-0.05, 0) is 64.1 Å².